The maximum absolute atomic E-state index is 13.2. The minimum atomic E-state index is -0.839. The summed E-state index contributed by atoms with van der Waals surface area (Å²) in [6.45, 7) is 11.5. The van der Waals surface area contributed by atoms with E-state index >= 15 is 0 Å². The topological polar surface area (TPSA) is 275 Å². The Morgan fingerprint density at radius 1 is 0.486 bits per heavy atom. The molecule has 4 amide bonds. The standard InChI is InChI=1S/C27H29N7O.C27H28N6O2.C27H26N6O2/c1-27(2)24-19(18-8-10-29-25-20(18)9-13-33(25)3)5-6-21(23(24)26(35)32-27)31-22-7-4-17(16-30-22)34-14-11-28-12-15-34;1-32-13-9-27(35,10-14-32)17-3-6-23(29-15-17)31-22-5-4-18(21-16-30-26(34)24(21)22)19-7-11-28-25-20(19)8-12-33(25)2;1-32-11-8-16(13-24(32)34)17-3-6-23(29-14-17)31-22-5-4-18(21-15-30-27(35)25(21)22)19-7-10-28-26-20(19)9-12-33(26)2/h4-10,13,16,28H,11-12,14-15H2,1-3H3,(H,30,31)(H,32,35);3-8,11-12,15,35H,9-10,13-14,16H2,1-2H3,(H,29,31)(H,30,34);3-7,9-10,12,14,16H,8,11,13,15H2,1-2H3,(H,29,31)(H,30,35). The first-order valence-electron chi connectivity index (χ1n) is 35.7. The Morgan fingerprint density at radius 3 is 1.46 bits per heavy atom. The lowest BCUT2D eigenvalue weighted by atomic mass is 9.85. The van der Waals surface area contributed by atoms with Crippen molar-refractivity contribution >= 4 is 96.9 Å². The van der Waals surface area contributed by atoms with Crippen LogP contribution < -0.4 is 42.1 Å². The van der Waals surface area contributed by atoms with Gasteiger partial charge in [-0.3, -0.25) is 19.2 Å². The second-order valence-electron chi connectivity index (χ2n) is 28.7. The molecular formula is C81H83N19O5. The molecule has 24 nitrogen and oxygen atoms in total. The van der Waals surface area contributed by atoms with Gasteiger partial charge in [-0.25, -0.2) is 29.9 Å². The molecule has 3 aromatic carbocycles. The summed E-state index contributed by atoms with van der Waals surface area (Å²) < 4.78 is 6.00. The number of nitrogens with one attached hydrogen (secondary N) is 7. The number of amides is 4. The first kappa shape index (κ1) is 67.6. The van der Waals surface area contributed by atoms with Crippen LogP contribution in [0.2, 0.25) is 0 Å². The van der Waals surface area contributed by atoms with E-state index in [4.69, 9.17) is 0 Å². The molecular weight excluding hydrogens is 1320 g/mol. The number of aromatic nitrogens is 9. The number of rotatable bonds is 12. The van der Waals surface area contributed by atoms with Crippen LogP contribution in [-0.4, -0.2) is 142 Å². The Labute approximate surface area is 607 Å². The molecule has 0 saturated carbocycles. The minimum absolute atomic E-state index is 0.0786. The van der Waals surface area contributed by atoms with Gasteiger partial charge in [-0.2, -0.15) is 0 Å². The van der Waals surface area contributed by atoms with Crippen molar-refractivity contribution in [1.82, 2.24) is 74.7 Å². The molecule has 18 rings (SSSR count). The summed E-state index contributed by atoms with van der Waals surface area (Å²) in [6.07, 6.45) is 19.8. The number of pyridine rings is 6. The number of hydrogen-bond donors (Lipinski definition) is 8. The van der Waals surface area contributed by atoms with E-state index in [1.54, 1.807) is 11.1 Å². The van der Waals surface area contributed by atoms with Crippen LogP contribution in [-0.2, 0) is 50.2 Å². The number of hydrogen-bond acceptors (Lipinski definition) is 17. The third-order valence-electron chi connectivity index (χ3n) is 21.6. The van der Waals surface area contributed by atoms with Crippen molar-refractivity contribution in [2.45, 2.75) is 69.7 Å². The summed E-state index contributed by atoms with van der Waals surface area (Å²) in [5, 5.41) is 36.8. The van der Waals surface area contributed by atoms with Crippen molar-refractivity contribution in [1.29, 1.82) is 0 Å². The molecule has 1 unspecified atom stereocenters. The molecule has 6 aliphatic heterocycles. The van der Waals surface area contributed by atoms with Crippen LogP contribution in [0, 0.1) is 0 Å². The van der Waals surface area contributed by atoms with Crippen molar-refractivity contribution in [3.63, 3.8) is 0 Å². The number of aliphatic hydroxyl groups is 1. The first-order chi connectivity index (χ1) is 50.8. The number of carbonyl (C=O) groups excluding carboxylic acids is 4. The van der Waals surface area contributed by atoms with Gasteiger partial charge in [0.2, 0.25) is 5.91 Å². The highest BCUT2D eigenvalue weighted by molar-refractivity contribution is 6.11. The number of piperazine rings is 1. The molecule has 8 N–H and O–H groups in total. The van der Waals surface area contributed by atoms with Crippen LogP contribution in [0.3, 0.4) is 0 Å². The molecule has 0 aliphatic carbocycles. The van der Waals surface area contributed by atoms with Crippen LogP contribution in [0.15, 0.2) is 165 Å². The van der Waals surface area contributed by atoms with E-state index in [0.717, 1.165) is 169 Å². The number of piperidine rings is 2. The number of fused-ring (bicyclic) bond motifs is 6. The van der Waals surface area contributed by atoms with Crippen LogP contribution in [0.4, 0.5) is 40.2 Å². The van der Waals surface area contributed by atoms with E-state index in [9.17, 15) is 24.3 Å². The van der Waals surface area contributed by atoms with E-state index in [1.807, 2.05) is 172 Å². The van der Waals surface area contributed by atoms with Crippen molar-refractivity contribution in [2.24, 2.45) is 21.1 Å². The fraction of sp³-hybridized carbons (Fsp3) is 0.284. The van der Waals surface area contributed by atoms with Crippen molar-refractivity contribution in [2.75, 3.05) is 80.8 Å². The summed E-state index contributed by atoms with van der Waals surface area (Å²) in [7, 11) is 9.87. The van der Waals surface area contributed by atoms with E-state index in [0.29, 0.717) is 66.5 Å². The van der Waals surface area contributed by atoms with Gasteiger partial charge in [-0.1, -0.05) is 30.3 Å². The molecule has 532 valence electrons. The Bertz CT molecular complexity index is 5400. The Balaban J connectivity index is 0.000000121. The van der Waals surface area contributed by atoms with E-state index < -0.39 is 11.1 Å². The largest absolute Gasteiger partial charge is 0.385 e. The summed E-state index contributed by atoms with van der Waals surface area (Å²) in [5.74, 6) is 2.11. The van der Waals surface area contributed by atoms with Crippen LogP contribution in [0.25, 0.3) is 66.5 Å². The lowest BCUT2D eigenvalue weighted by molar-refractivity contribution is -0.132. The van der Waals surface area contributed by atoms with Crippen LogP contribution >= 0.6 is 0 Å². The highest BCUT2D eigenvalue weighted by atomic mass is 16.3. The zero-order chi connectivity index (χ0) is 72.4. The highest BCUT2D eigenvalue weighted by Gasteiger charge is 2.40. The zero-order valence-corrected chi connectivity index (χ0v) is 59.8. The smallest absolute Gasteiger partial charge is 0.254 e. The van der Waals surface area contributed by atoms with Gasteiger partial charge in [0.15, 0.2) is 0 Å². The van der Waals surface area contributed by atoms with Gasteiger partial charge < -0.3 is 70.7 Å². The normalized spacial score (nSPS) is 17.3. The van der Waals surface area contributed by atoms with Gasteiger partial charge in [0, 0.05) is 165 Å². The third kappa shape index (κ3) is 12.8. The summed E-state index contributed by atoms with van der Waals surface area (Å²) in [4.78, 5) is 84.6. The molecule has 3 fully saturated rings. The fourth-order valence-corrected chi connectivity index (χ4v) is 15.8. The van der Waals surface area contributed by atoms with Gasteiger partial charge in [0.1, 0.15) is 34.4 Å². The molecule has 9 aromatic heterocycles. The predicted molar refractivity (Wildman–Crippen MR) is 409 cm³/mol. The van der Waals surface area contributed by atoms with E-state index in [1.165, 1.54) is 0 Å². The average molecular weight is 1400 g/mol. The zero-order valence-electron chi connectivity index (χ0n) is 59.8. The number of nitrogens with zero attached hydrogens (tertiary/aromatic N) is 12. The SMILES string of the molecule is CN1CCC(O)(c2ccc(Nc3ccc(-c4ccnc5c4ccn5C)c4c3C(=O)NC4)nc2)CC1.CN1CCC(c2ccc(Nc3ccc(-c4ccnc5c4ccn5C)c4c3C(=O)NC4)nc2)CC1=O.Cn1ccc2c(-c3ccc(Nc4ccc(N5CCNCC5)cn4)c4c3C(C)(C)NC4=O)ccnc21. The van der Waals surface area contributed by atoms with Crippen molar-refractivity contribution in [3.8, 4) is 33.4 Å². The second-order valence-corrected chi connectivity index (χ2v) is 28.7. The lowest BCUT2D eigenvalue weighted by Crippen LogP contribution is -2.43. The summed E-state index contributed by atoms with van der Waals surface area (Å²) in [5.41, 5.74) is 17.8. The van der Waals surface area contributed by atoms with E-state index in [-0.39, 0.29) is 29.5 Å². The van der Waals surface area contributed by atoms with Crippen molar-refractivity contribution in [3.05, 3.63) is 209 Å². The molecule has 1 atom stereocenters. The van der Waals surface area contributed by atoms with Gasteiger partial charge in [0.05, 0.1) is 56.8 Å². The molecule has 105 heavy (non-hydrogen) atoms. The van der Waals surface area contributed by atoms with E-state index in [2.05, 4.69) is 126 Å². The number of likely N-dealkylation sites (tertiary alicyclic amines) is 2. The number of anilines is 7. The number of carbonyl (C=O) groups is 4. The Hall–Kier alpha value is -11.9. The van der Waals surface area contributed by atoms with Gasteiger partial charge in [-0.15, -0.1) is 0 Å². The van der Waals surface area contributed by atoms with Gasteiger partial charge in [0.25, 0.3) is 17.7 Å². The molecule has 12 aromatic rings. The average Bonchev–Trinajstić information content (AvgIpc) is 1.60. The highest BCUT2D eigenvalue weighted by Crippen LogP contribution is 2.46. The molecule has 0 bridgehead atoms. The third-order valence-corrected chi connectivity index (χ3v) is 21.6. The predicted octanol–water partition coefficient (Wildman–Crippen LogP) is 11.3. The number of aryl methyl sites for hydroxylation is 3. The van der Waals surface area contributed by atoms with Gasteiger partial charge >= 0.3 is 0 Å². The summed E-state index contributed by atoms with van der Waals surface area (Å²) in [6, 6.07) is 36.1. The molecule has 0 radical (unpaired) electrons. The molecule has 3 saturated heterocycles. The van der Waals surface area contributed by atoms with Crippen LogP contribution in [0.5, 0.6) is 0 Å². The Kier molecular flexibility index (Phi) is 17.6. The van der Waals surface area contributed by atoms with Crippen molar-refractivity contribution < 1.29 is 24.3 Å². The first-order valence-corrected chi connectivity index (χ1v) is 35.7. The maximum atomic E-state index is 13.2. The molecule has 0 spiro atoms. The molecule has 15 heterocycles. The fourth-order valence-electron chi connectivity index (χ4n) is 15.8. The lowest BCUT2D eigenvalue weighted by Gasteiger charge is -2.36. The molecule has 6 aliphatic rings. The second kappa shape index (κ2) is 27.4. The molecule has 24 heteroatoms. The maximum Gasteiger partial charge on any atom is 0.254 e. The Morgan fingerprint density at radius 2 is 0.971 bits per heavy atom. The number of benzene rings is 3. The van der Waals surface area contributed by atoms with Crippen LogP contribution in [0.1, 0.15) is 104 Å². The monoisotopic (exact) mass is 1400 g/mol. The minimum Gasteiger partial charge on any atom is -0.385 e. The quantitative estimate of drug-likeness (QED) is 0.0565. The van der Waals surface area contributed by atoms with Gasteiger partial charge in [-0.05, 0) is 181 Å². The summed E-state index contributed by atoms with van der Waals surface area (Å²) >= 11 is 0.